The van der Waals surface area contributed by atoms with Crippen molar-refractivity contribution >= 4 is 11.8 Å². The normalized spacial score (nSPS) is 15.8. The highest BCUT2D eigenvalue weighted by Gasteiger charge is 2.31. The Hall–Kier alpha value is -4.79. The molecule has 8 nitrogen and oxygen atoms in total. The summed E-state index contributed by atoms with van der Waals surface area (Å²) in [5.74, 6) is 0. The van der Waals surface area contributed by atoms with Crippen LogP contribution in [0.3, 0.4) is 0 Å². The molecule has 4 N–H and O–H groups in total. The van der Waals surface area contributed by atoms with Gasteiger partial charge in [-0.2, -0.15) is 0 Å². The SMILES string of the molecule is CCC1=C(CC)/C2=C/c3[nH]c(c(CC)c3CC)-c3cccc(n3)-c3[nH]c(c(CC)c3CC)[C@H](OC)c3[nH]c(c(CC)c3CC)-c3cccc(n3)C1=N2.CO. The van der Waals surface area contributed by atoms with Crippen LogP contribution >= 0.6 is 0 Å². The van der Waals surface area contributed by atoms with Gasteiger partial charge in [0.25, 0.3) is 0 Å². The molecule has 5 aromatic rings. The first-order valence-electron chi connectivity index (χ1n) is 20.1. The smallest absolute Gasteiger partial charge is 0.137 e. The lowest BCUT2D eigenvalue weighted by Gasteiger charge is -2.17. The van der Waals surface area contributed by atoms with Crippen molar-refractivity contribution < 1.29 is 9.84 Å². The summed E-state index contributed by atoms with van der Waals surface area (Å²) in [4.78, 5) is 27.8. The number of hydrogen-bond acceptors (Lipinski definition) is 5. The van der Waals surface area contributed by atoms with Crippen LogP contribution in [0.1, 0.15) is 130 Å². The molecule has 0 saturated heterocycles. The molecule has 0 unspecified atom stereocenters. The molecule has 0 saturated carbocycles. The zero-order valence-corrected chi connectivity index (χ0v) is 34.0. The molecular formula is C46H58N6O2. The highest BCUT2D eigenvalue weighted by molar-refractivity contribution is 6.15. The standard InChI is InChI=1S/C45H54N6O.CH4O/c1-10-25-27(12-3)39-33-20-18-22-35(46-33)41-29(14-5)31(16-7)43(50-41)45(52-9)44-32(17-8)30(15-6)42(51-44)36-23-19-21-34(47-36)40-28(13-4)26(11-2)38(49-40)24-37(25)48-39;1-2/h18-24,45,48,50-51H,10-17H2,1-9H3;2H,1H3/b38-24-;/t45-;/m0./s1. The van der Waals surface area contributed by atoms with Gasteiger partial charge in [0.1, 0.15) is 6.10 Å². The van der Waals surface area contributed by atoms with Gasteiger partial charge in [0, 0.05) is 19.9 Å². The molecule has 5 aromatic heterocycles. The third-order valence-corrected chi connectivity index (χ3v) is 11.3. The number of nitrogens with one attached hydrogen (secondary N) is 3. The van der Waals surface area contributed by atoms with Crippen molar-refractivity contribution in [3.8, 4) is 34.2 Å². The predicted octanol–water partition coefficient (Wildman–Crippen LogP) is 10.5. The van der Waals surface area contributed by atoms with Gasteiger partial charge < -0.3 is 24.8 Å². The molecule has 284 valence electrons. The van der Waals surface area contributed by atoms with Crippen LogP contribution < -0.4 is 0 Å². The first kappa shape index (κ1) is 38.9. The zero-order chi connectivity index (χ0) is 38.7. The van der Waals surface area contributed by atoms with Crippen LogP contribution in [0.5, 0.6) is 0 Å². The first-order valence-corrected chi connectivity index (χ1v) is 20.1. The predicted molar refractivity (Wildman–Crippen MR) is 223 cm³/mol. The molecule has 54 heavy (non-hydrogen) atoms. The number of aliphatic hydroxyl groups excluding tert-OH is 1. The molecule has 0 radical (unpaired) electrons. The fourth-order valence-corrected chi connectivity index (χ4v) is 9.00. The Labute approximate surface area is 321 Å². The van der Waals surface area contributed by atoms with Gasteiger partial charge in [-0.25, -0.2) is 15.0 Å². The number of aliphatic hydroxyl groups is 1. The fourth-order valence-electron chi connectivity index (χ4n) is 9.00. The number of H-pyrrole nitrogens is 3. The summed E-state index contributed by atoms with van der Waals surface area (Å²) in [5, 5.41) is 7.00. The Morgan fingerprint density at radius 1 is 0.537 bits per heavy atom. The number of fused-ring (bicyclic) bond motifs is 15. The number of aromatic nitrogens is 5. The van der Waals surface area contributed by atoms with E-state index in [1.54, 1.807) is 0 Å². The van der Waals surface area contributed by atoms with Gasteiger partial charge in [-0.3, -0.25) is 0 Å². The lowest BCUT2D eigenvalue weighted by atomic mass is 9.95. The molecule has 0 aromatic carbocycles. The minimum absolute atomic E-state index is 0.307. The lowest BCUT2D eigenvalue weighted by molar-refractivity contribution is 0.129. The number of ether oxygens (including phenoxy) is 1. The molecular weight excluding hydrogens is 669 g/mol. The van der Waals surface area contributed by atoms with E-state index in [0.29, 0.717) is 0 Å². The Balaban J connectivity index is 0.00000245. The third kappa shape index (κ3) is 6.43. The summed E-state index contributed by atoms with van der Waals surface area (Å²) in [5.41, 5.74) is 22.7. The second-order valence-electron chi connectivity index (χ2n) is 13.8. The van der Waals surface area contributed by atoms with E-state index < -0.39 is 0 Å². The maximum Gasteiger partial charge on any atom is 0.137 e. The van der Waals surface area contributed by atoms with E-state index in [9.17, 15) is 0 Å². The molecule has 2 aliphatic rings. The van der Waals surface area contributed by atoms with Gasteiger partial charge in [0.05, 0.1) is 62.7 Å². The number of aromatic amines is 3. The number of methoxy groups -OCH3 is 1. The molecule has 0 amide bonds. The van der Waals surface area contributed by atoms with E-state index in [1.165, 1.54) is 44.5 Å². The van der Waals surface area contributed by atoms with Gasteiger partial charge >= 0.3 is 0 Å². The summed E-state index contributed by atoms with van der Waals surface area (Å²) < 4.78 is 6.48. The zero-order valence-electron chi connectivity index (χ0n) is 34.0. The van der Waals surface area contributed by atoms with E-state index in [4.69, 9.17) is 24.8 Å². The van der Waals surface area contributed by atoms with Crippen molar-refractivity contribution in [1.29, 1.82) is 0 Å². The number of pyridine rings is 2. The largest absolute Gasteiger partial charge is 0.400 e. The summed E-state index contributed by atoms with van der Waals surface area (Å²) in [6, 6.07) is 12.8. The van der Waals surface area contributed by atoms with Crippen LogP contribution in [0.25, 0.3) is 40.2 Å². The van der Waals surface area contributed by atoms with E-state index >= 15 is 0 Å². The van der Waals surface area contributed by atoms with Crippen molar-refractivity contribution in [3.05, 3.63) is 109 Å². The van der Waals surface area contributed by atoms with Gasteiger partial charge in [0.2, 0.25) is 0 Å². The summed E-state index contributed by atoms with van der Waals surface area (Å²) in [6.07, 6.45) is 9.13. The molecule has 2 aliphatic heterocycles. The van der Waals surface area contributed by atoms with Gasteiger partial charge in [-0.1, -0.05) is 67.5 Å². The number of rotatable bonds is 9. The molecule has 12 bridgehead atoms. The van der Waals surface area contributed by atoms with Gasteiger partial charge in [0.15, 0.2) is 0 Å². The van der Waals surface area contributed by atoms with Crippen molar-refractivity contribution in [2.75, 3.05) is 14.2 Å². The molecule has 7 heterocycles. The topological polar surface area (TPSA) is 115 Å². The van der Waals surface area contributed by atoms with Gasteiger partial charge in [-0.15, -0.1) is 0 Å². The van der Waals surface area contributed by atoms with Crippen molar-refractivity contribution in [2.24, 2.45) is 4.99 Å². The highest BCUT2D eigenvalue weighted by atomic mass is 16.5. The summed E-state index contributed by atoms with van der Waals surface area (Å²) in [7, 11) is 2.83. The number of nitrogens with zero attached hydrogens (tertiary/aromatic N) is 3. The third-order valence-electron chi connectivity index (χ3n) is 11.3. The quantitative estimate of drug-likeness (QED) is 0.121. The Kier molecular flexibility index (Phi) is 12.0. The molecule has 0 spiro atoms. The van der Waals surface area contributed by atoms with Crippen LogP contribution in [0.2, 0.25) is 0 Å². The number of allylic oxidation sites excluding steroid dienone is 2. The van der Waals surface area contributed by atoms with Crippen molar-refractivity contribution in [1.82, 2.24) is 24.9 Å². The average Bonchev–Trinajstić information content (AvgIpc) is 3.98. The van der Waals surface area contributed by atoms with E-state index in [2.05, 4.69) is 113 Å². The van der Waals surface area contributed by atoms with Crippen molar-refractivity contribution in [3.63, 3.8) is 0 Å². The Bertz CT molecular complexity index is 2240. The van der Waals surface area contributed by atoms with Crippen LogP contribution in [0, 0.1) is 0 Å². The molecule has 0 fully saturated rings. The number of aliphatic imine (C=N–C) groups is 1. The van der Waals surface area contributed by atoms with Gasteiger partial charge in [-0.05, 0) is 126 Å². The minimum Gasteiger partial charge on any atom is -0.400 e. The molecule has 0 aliphatic carbocycles. The second kappa shape index (κ2) is 16.7. The second-order valence-corrected chi connectivity index (χ2v) is 13.8. The van der Waals surface area contributed by atoms with E-state index in [0.717, 1.165) is 127 Å². The molecule has 7 rings (SSSR count). The fraction of sp³-hybridized carbons (Fsp3) is 0.413. The monoisotopic (exact) mass is 726 g/mol. The summed E-state index contributed by atoms with van der Waals surface area (Å²) >= 11 is 0. The van der Waals surface area contributed by atoms with Crippen LogP contribution in [0.4, 0.5) is 0 Å². The van der Waals surface area contributed by atoms with E-state index in [-0.39, 0.29) is 6.10 Å². The average molecular weight is 727 g/mol. The lowest BCUT2D eigenvalue weighted by Crippen LogP contribution is -2.10. The first-order chi connectivity index (χ1) is 26.4. The maximum absolute atomic E-state index is 7.00. The Morgan fingerprint density at radius 3 is 1.41 bits per heavy atom. The van der Waals surface area contributed by atoms with Crippen LogP contribution in [-0.4, -0.2) is 50.0 Å². The summed E-state index contributed by atoms with van der Waals surface area (Å²) in [6.45, 7) is 17.9. The van der Waals surface area contributed by atoms with E-state index in [1.807, 2.05) is 7.11 Å². The van der Waals surface area contributed by atoms with Crippen LogP contribution in [-0.2, 0) is 43.3 Å². The van der Waals surface area contributed by atoms with Crippen LogP contribution in [0.15, 0.2) is 58.2 Å². The highest BCUT2D eigenvalue weighted by Crippen LogP contribution is 2.41. The maximum atomic E-state index is 7.00. The Morgan fingerprint density at radius 2 is 0.963 bits per heavy atom. The minimum atomic E-state index is -0.307. The van der Waals surface area contributed by atoms with Crippen molar-refractivity contribution in [2.45, 2.75) is 113 Å². The molecule has 1 atom stereocenters. The number of hydrogen-bond donors (Lipinski definition) is 4. The molecule has 8 heteroatoms.